The van der Waals surface area contributed by atoms with Gasteiger partial charge in [0, 0.05) is 48.3 Å². The van der Waals surface area contributed by atoms with Gasteiger partial charge in [0.05, 0.1) is 22.2 Å². The summed E-state index contributed by atoms with van der Waals surface area (Å²) in [7, 11) is 0. The molecule has 13 rings (SSSR count). The summed E-state index contributed by atoms with van der Waals surface area (Å²) in [6.07, 6.45) is 11.2. The Morgan fingerprint density at radius 2 is 0.603 bits per heavy atom. The summed E-state index contributed by atoms with van der Waals surface area (Å²) >= 11 is 0. The number of aromatic nitrogens is 4. The van der Waals surface area contributed by atoms with Gasteiger partial charge in [0.15, 0.2) is 0 Å². The molecule has 0 fully saturated rings. The SMILES string of the molecule is c1ccc(C2(c3ccccc3)c3cc(-c4ccnc(-c5cccnc5)c4)ccc3-c3cc4c(cc32)-c2ccc(-c3ccnc(-c5cccnc5)c3)cc2C4(c2ccccc2)c2ccccc2)cc1. The normalized spacial score (nSPS) is 13.5. The fourth-order valence-corrected chi connectivity index (χ4v) is 11.4. The Morgan fingerprint density at radius 3 is 0.956 bits per heavy atom. The van der Waals surface area contributed by atoms with Crippen molar-refractivity contribution in [2.75, 3.05) is 0 Å². The molecule has 2 aliphatic rings. The fraction of sp³-hybridized carbons (Fsp3) is 0.0312. The lowest BCUT2D eigenvalue weighted by Gasteiger charge is -2.35. The van der Waals surface area contributed by atoms with Gasteiger partial charge in [-0.3, -0.25) is 19.9 Å². The zero-order chi connectivity index (χ0) is 45.1. The van der Waals surface area contributed by atoms with E-state index in [1.54, 1.807) is 12.4 Å². The molecule has 4 nitrogen and oxygen atoms in total. The fourth-order valence-electron chi connectivity index (χ4n) is 11.4. The number of hydrogen-bond acceptors (Lipinski definition) is 4. The number of nitrogens with zero attached hydrogens (tertiary/aromatic N) is 4. The first-order valence-corrected chi connectivity index (χ1v) is 23.2. The lowest BCUT2D eigenvalue weighted by atomic mass is 9.65. The molecule has 68 heavy (non-hydrogen) atoms. The Kier molecular flexibility index (Phi) is 9.26. The highest BCUT2D eigenvalue weighted by Gasteiger charge is 2.51. The standard InChI is InChI=1S/C64H42N4/c1-5-17-49(18-6-1)63(50-19-7-2-8-20-50)57-35-43(45-29-33-67-61(37-45)47-15-13-31-65-41-47)25-27-53(57)55-40-60-56(39-59(55)63)54-28-26-44(46-30-34-68-62(38-46)48-16-14-32-66-42-48)36-58(54)64(60,51-21-9-3-10-22-51)52-23-11-4-12-24-52/h1-42H. The molecule has 0 unspecified atom stereocenters. The molecule has 4 heteroatoms. The predicted molar refractivity (Wildman–Crippen MR) is 274 cm³/mol. The van der Waals surface area contributed by atoms with Crippen LogP contribution in [0.1, 0.15) is 44.5 Å². The van der Waals surface area contributed by atoms with Crippen LogP contribution in [0.25, 0.3) is 67.0 Å². The molecule has 11 aromatic rings. The zero-order valence-corrected chi connectivity index (χ0v) is 37.0. The van der Waals surface area contributed by atoms with E-state index in [0.29, 0.717) is 0 Å². The van der Waals surface area contributed by atoms with E-state index in [1.165, 1.54) is 66.8 Å². The average molecular weight is 867 g/mol. The minimum Gasteiger partial charge on any atom is -0.264 e. The summed E-state index contributed by atoms with van der Waals surface area (Å²) in [6.45, 7) is 0. The molecular weight excluding hydrogens is 825 g/mol. The molecule has 0 bridgehead atoms. The molecule has 0 amide bonds. The van der Waals surface area contributed by atoms with Crippen molar-refractivity contribution in [3.8, 4) is 67.0 Å². The molecule has 0 radical (unpaired) electrons. The molecule has 4 heterocycles. The first kappa shape index (κ1) is 39.5. The number of pyridine rings is 4. The van der Waals surface area contributed by atoms with Crippen LogP contribution in [0.5, 0.6) is 0 Å². The maximum atomic E-state index is 4.77. The summed E-state index contributed by atoms with van der Waals surface area (Å²) in [5, 5.41) is 0. The maximum absolute atomic E-state index is 4.77. The van der Waals surface area contributed by atoms with Crippen molar-refractivity contribution in [1.82, 2.24) is 19.9 Å². The second-order valence-electron chi connectivity index (χ2n) is 17.8. The highest BCUT2D eigenvalue weighted by atomic mass is 14.7. The van der Waals surface area contributed by atoms with Crippen LogP contribution >= 0.6 is 0 Å². The van der Waals surface area contributed by atoms with Gasteiger partial charge in [-0.05, 0) is 162 Å². The van der Waals surface area contributed by atoms with Crippen LogP contribution < -0.4 is 0 Å². The van der Waals surface area contributed by atoms with Gasteiger partial charge in [-0.1, -0.05) is 146 Å². The molecule has 0 saturated heterocycles. The van der Waals surface area contributed by atoms with Gasteiger partial charge in [-0.25, -0.2) is 0 Å². The smallest absolute Gasteiger partial charge is 0.0723 e. The third-order valence-corrected chi connectivity index (χ3v) is 14.3. The Bertz CT molecular complexity index is 3330. The maximum Gasteiger partial charge on any atom is 0.0723 e. The molecule has 0 saturated carbocycles. The van der Waals surface area contributed by atoms with Crippen molar-refractivity contribution in [1.29, 1.82) is 0 Å². The first-order chi connectivity index (χ1) is 33.7. The van der Waals surface area contributed by atoms with E-state index in [0.717, 1.165) is 44.8 Å². The molecule has 0 atom stereocenters. The van der Waals surface area contributed by atoms with Crippen LogP contribution in [-0.4, -0.2) is 19.9 Å². The molecule has 0 spiro atoms. The molecular formula is C64H42N4. The van der Waals surface area contributed by atoms with Crippen LogP contribution in [0.3, 0.4) is 0 Å². The summed E-state index contributed by atoms with van der Waals surface area (Å²) < 4.78 is 0. The Labute approximate surface area is 396 Å². The van der Waals surface area contributed by atoms with Crippen molar-refractivity contribution < 1.29 is 0 Å². The first-order valence-electron chi connectivity index (χ1n) is 23.2. The highest BCUT2D eigenvalue weighted by molar-refractivity contribution is 5.96. The quantitative estimate of drug-likeness (QED) is 0.153. The van der Waals surface area contributed by atoms with Gasteiger partial charge in [-0.15, -0.1) is 0 Å². The average Bonchev–Trinajstić information content (AvgIpc) is 3.88. The monoisotopic (exact) mass is 866 g/mol. The van der Waals surface area contributed by atoms with Gasteiger partial charge in [0.25, 0.3) is 0 Å². The number of rotatable bonds is 8. The third-order valence-electron chi connectivity index (χ3n) is 14.3. The summed E-state index contributed by atoms with van der Waals surface area (Å²) in [4.78, 5) is 18.3. The van der Waals surface area contributed by atoms with E-state index in [9.17, 15) is 0 Å². The van der Waals surface area contributed by atoms with E-state index in [2.05, 4.69) is 216 Å². The van der Waals surface area contributed by atoms with Gasteiger partial charge >= 0.3 is 0 Å². The predicted octanol–water partition coefficient (Wildman–Crippen LogP) is 14.7. The van der Waals surface area contributed by atoms with E-state index in [1.807, 2.05) is 36.9 Å². The van der Waals surface area contributed by atoms with Crippen LogP contribution in [-0.2, 0) is 10.8 Å². The van der Waals surface area contributed by atoms with Crippen LogP contribution in [0.15, 0.2) is 256 Å². The van der Waals surface area contributed by atoms with Gasteiger partial charge in [-0.2, -0.15) is 0 Å². The minimum absolute atomic E-state index is 0.637. The second kappa shape index (κ2) is 15.9. The van der Waals surface area contributed by atoms with Crippen molar-refractivity contribution in [3.05, 3.63) is 300 Å². The second-order valence-corrected chi connectivity index (χ2v) is 17.8. The van der Waals surface area contributed by atoms with Crippen LogP contribution in [0, 0.1) is 0 Å². The Hall–Kier alpha value is -8.86. The molecule has 7 aromatic carbocycles. The molecule has 2 aliphatic carbocycles. The molecule has 0 N–H and O–H groups in total. The zero-order valence-electron chi connectivity index (χ0n) is 37.0. The third kappa shape index (κ3) is 6.01. The van der Waals surface area contributed by atoms with E-state index < -0.39 is 10.8 Å². The lowest BCUT2D eigenvalue weighted by Crippen LogP contribution is -2.30. The lowest BCUT2D eigenvalue weighted by molar-refractivity contribution is 0.759. The Balaban J connectivity index is 1.10. The topological polar surface area (TPSA) is 51.6 Å². The van der Waals surface area contributed by atoms with E-state index in [-0.39, 0.29) is 0 Å². The van der Waals surface area contributed by atoms with Gasteiger partial charge in [0.1, 0.15) is 0 Å². The van der Waals surface area contributed by atoms with Crippen molar-refractivity contribution >= 4 is 0 Å². The number of hydrogen-bond donors (Lipinski definition) is 0. The van der Waals surface area contributed by atoms with Crippen molar-refractivity contribution in [3.63, 3.8) is 0 Å². The van der Waals surface area contributed by atoms with E-state index >= 15 is 0 Å². The van der Waals surface area contributed by atoms with Gasteiger partial charge in [0.2, 0.25) is 0 Å². The minimum atomic E-state index is -0.637. The summed E-state index contributed by atoms with van der Waals surface area (Å²) in [6, 6.07) is 80.4. The Morgan fingerprint density at radius 1 is 0.250 bits per heavy atom. The van der Waals surface area contributed by atoms with Gasteiger partial charge < -0.3 is 0 Å². The van der Waals surface area contributed by atoms with Crippen molar-refractivity contribution in [2.45, 2.75) is 10.8 Å². The van der Waals surface area contributed by atoms with Crippen LogP contribution in [0.4, 0.5) is 0 Å². The summed E-state index contributed by atoms with van der Waals surface area (Å²) in [5.41, 5.74) is 21.9. The highest BCUT2D eigenvalue weighted by Crippen LogP contribution is 2.63. The van der Waals surface area contributed by atoms with E-state index in [4.69, 9.17) is 9.97 Å². The van der Waals surface area contributed by atoms with Crippen molar-refractivity contribution in [2.24, 2.45) is 0 Å². The number of benzene rings is 7. The largest absolute Gasteiger partial charge is 0.264 e. The number of fused-ring (bicyclic) bond motifs is 6. The molecule has 0 aliphatic heterocycles. The summed E-state index contributed by atoms with van der Waals surface area (Å²) in [5.74, 6) is 0. The molecule has 318 valence electrons. The molecule has 4 aromatic heterocycles. The van der Waals surface area contributed by atoms with Crippen LogP contribution in [0.2, 0.25) is 0 Å².